The fourth-order valence-corrected chi connectivity index (χ4v) is 12.9. The Morgan fingerprint density at radius 1 is 0.800 bits per heavy atom. The van der Waals surface area contributed by atoms with Gasteiger partial charge in [-0.25, -0.2) is 4.79 Å². The number of carboxylic acid groups (broad SMARTS) is 1. The summed E-state index contributed by atoms with van der Waals surface area (Å²) in [5, 5.41) is 58.0. The summed E-state index contributed by atoms with van der Waals surface area (Å²) >= 11 is 0. The van der Waals surface area contributed by atoms with Crippen LogP contribution in [0.3, 0.4) is 0 Å². The molecule has 0 bridgehead atoms. The topological polar surface area (TPSA) is 148 Å². The molecule has 5 saturated carbocycles. The first-order chi connectivity index (χ1) is 20.7. The van der Waals surface area contributed by atoms with Crippen LogP contribution in [0, 0.1) is 69.2 Å². The summed E-state index contributed by atoms with van der Waals surface area (Å²) in [7, 11) is 0. The van der Waals surface area contributed by atoms with E-state index in [1.165, 1.54) is 38.5 Å². The largest absolute Gasteiger partial charge is 0.479 e. The summed E-state index contributed by atoms with van der Waals surface area (Å²) in [4.78, 5) is 12.7. The Hall–Kier alpha value is -0.770. The average Bonchev–Trinajstić information content (AvgIpc) is 2.97. The number of carbonyl (C=O) groups is 1. The van der Waals surface area contributed by atoms with Crippen molar-refractivity contribution in [3.05, 3.63) is 6.61 Å². The molecule has 6 N–H and O–H groups in total. The van der Waals surface area contributed by atoms with Crippen LogP contribution in [-0.4, -0.2) is 73.2 Å². The first kappa shape index (κ1) is 35.5. The lowest BCUT2D eigenvalue weighted by atomic mass is 9.30. The van der Waals surface area contributed by atoms with E-state index in [0.29, 0.717) is 11.8 Å². The molecule has 259 valence electrons. The van der Waals surface area contributed by atoms with E-state index in [1.54, 1.807) is 0 Å². The van der Waals surface area contributed by atoms with Crippen LogP contribution >= 0.6 is 0 Å². The van der Waals surface area contributed by atoms with Gasteiger partial charge in [0.15, 0.2) is 5.60 Å². The van der Waals surface area contributed by atoms with Crippen LogP contribution in [0.15, 0.2) is 0 Å². The van der Waals surface area contributed by atoms with Gasteiger partial charge in [-0.1, -0.05) is 55.4 Å². The van der Waals surface area contributed by atoms with Gasteiger partial charge < -0.3 is 35.4 Å². The second kappa shape index (κ2) is 11.7. The number of aliphatic carboxylic acids is 1. The minimum absolute atomic E-state index is 0.0773. The van der Waals surface area contributed by atoms with Crippen molar-refractivity contribution in [1.29, 1.82) is 0 Å². The van der Waals surface area contributed by atoms with Crippen molar-refractivity contribution >= 4 is 5.97 Å². The molecule has 0 aromatic heterocycles. The van der Waals surface area contributed by atoms with E-state index in [1.807, 2.05) is 0 Å². The lowest BCUT2D eigenvalue weighted by molar-refractivity contribution is -0.290. The molecule has 6 rings (SSSR count). The van der Waals surface area contributed by atoms with Crippen LogP contribution in [0.4, 0.5) is 0 Å². The molecule has 5 aliphatic carbocycles. The quantitative estimate of drug-likeness (QED) is 0.243. The van der Waals surface area contributed by atoms with Gasteiger partial charge in [0.05, 0.1) is 6.61 Å². The van der Waals surface area contributed by atoms with Crippen molar-refractivity contribution in [3.63, 3.8) is 0 Å². The van der Waals surface area contributed by atoms with Gasteiger partial charge >= 0.3 is 5.97 Å². The van der Waals surface area contributed by atoms with Crippen LogP contribution < -0.4 is 0 Å². The van der Waals surface area contributed by atoms with Gasteiger partial charge in [-0.05, 0) is 121 Å². The number of hydrogen-bond donors (Lipinski definition) is 6. The van der Waals surface area contributed by atoms with Crippen molar-refractivity contribution in [1.82, 2.24) is 0 Å². The zero-order chi connectivity index (χ0) is 33.5. The predicted molar refractivity (Wildman–Crippen MR) is 172 cm³/mol. The molecule has 0 amide bonds. The summed E-state index contributed by atoms with van der Waals surface area (Å²) < 4.78 is 4.69. The van der Waals surface area contributed by atoms with E-state index in [-0.39, 0.29) is 34.7 Å². The van der Waals surface area contributed by atoms with Crippen LogP contribution in [0.5, 0.6) is 0 Å². The number of hydrogen-bond acceptors (Lipinski definition) is 7. The van der Waals surface area contributed by atoms with Crippen LogP contribution in [0.2, 0.25) is 0 Å². The average molecular weight is 636 g/mol. The number of carboxylic acids is 1. The highest BCUT2D eigenvalue weighted by Gasteiger charge is 2.74. The van der Waals surface area contributed by atoms with E-state index in [0.717, 1.165) is 49.5 Å². The van der Waals surface area contributed by atoms with Gasteiger partial charge in [-0.3, -0.25) is 0 Å². The predicted octanol–water partition coefficient (Wildman–Crippen LogP) is 5.18. The van der Waals surface area contributed by atoms with Crippen molar-refractivity contribution in [2.24, 2.45) is 62.6 Å². The van der Waals surface area contributed by atoms with Crippen LogP contribution in [-0.2, 0) is 9.53 Å². The molecule has 1 aliphatic heterocycles. The van der Waals surface area contributed by atoms with Gasteiger partial charge in [0.25, 0.3) is 0 Å². The number of fused-ring (bicyclic) bond motifs is 7. The highest BCUT2D eigenvalue weighted by atomic mass is 16.5. The third-order valence-corrected chi connectivity index (χ3v) is 16.1. The molecule has 45 heavy (non-hydrogen) atoms. The molecule has 1 radical (unpaired) electrons. The zero-order valence-electron chi connectivity index (χ0n) is 29.1. The van der Waals surface area contributed by atoms with Crippen molar-refractivity contribution in [2.75, 3.05) is 6.61 Å². The maximum Gasteiger partial charge on any atom is 0.336 e. The standard InChI is InChI=1S/C31H52O3.C6H11O5/c1-19-11-13-27(5)16-17-28(6)21(24(27)20(19)2)9-10-23-29(28,7)14-12-22-26(3,4)15-18-31(34,25(32)33)30(22,23)8;7-1-4-6(10)5(9)3(8)2-11-4/h19-24,34H,9-18H2,1-8H3,(H,32,33);2-10H,1H2/t19-,20+,21-,22+,23+,24+,27-,28-,29-,30+,31?;3-,4+,5+,6+/m10/s1. The summed E-state index contributed by atoms with van der Waals surface area (Å²) in [5.41, 5.74) is -1.34. The molecule has 0 spiro atoms. The number of aliphatic hydroxyl groups is 5. The molecule has 6 fully saturated rings. The molecular weight excluding hydrogens is 572 g/mol. The number of rotatable bonds is 2. The SMILES string of the molecule is C[C@@H]1[C@H]2[C@H]3CC[C@@H]4[C@]5(C)[C@@H](CC[C@@]4(C)[C@]3(C)CC[C@@]2(C)CC[C@H]1C)C(C)(C)CCC5(O)C(=O)O.OC[C@H]1O[CH][C@H](O)[C@@H](O)[C@@H]1O. The number of aliphatic hydroxyl groups excluding tert-OH is 4. The van der Waals surface area contributed by atoms with Gasteiger partial charge in [0.2, 0.25) is 0 Å². The lowest BCUT2D eigenvalue weighted by Crippen LogP contribution is -2.73. The molecule has 0 aromatic carbocycles. The highest BCUT2D eigenvalue weighted by molar-refractivity contribution is 5.79. The Labute approximate surface area is 271 Å². The second-order valence-corrected chi connectivity index (χ2v) is 18.1. The maximum absolute atomic E-state index is 12.7. The summed E-state index contributed by atoms with van der Waals surface area (Å²) in [6.45, 7) is 20.2. The van der Waals surface area contributed by atoms with Gasteiger partial charge in [0, 0.05) is 5.41 Å². The minimum atomic E-state index is -1.61. The Morgan fingerprint density at radius 2 is 1.47 bits per heavy atom. The summed E-state index contributed by atoms with van der Waals surface area (Å²) in [6.07, 6.45) is 6.55. The molecular formula is C37H63O8. The normalized spacial score (nSPS) is 55.5. The lowest BCUT2D eigenvalue weighted by Gasteiger charge is -2.75. The molecule has 1 saturated heterocycles. The van der Waals surface area contributed by atoms with E-state index < -0.39 is 41.4 Å². The third-order valence-electron chi connectivity index (χ3n) is 16.1. The van der Waals surface area contributed by atoms with Crippen molar-refractivity contribution < 1.29 is 40.2 Å². The Balaban J connectivity index is 0.000000309. The zero-order valence-corrected chi connectivity index (χ0v) is 29.1. The highest BCUT2D eigenvalue weighted by Crippen LogP contribution is 2.78. The van der Waals surface area contributed by atoms with E-state index in [9.17, 15) is 15.0 Å². The Kier molecular flexibility index (Phi) is 9.23. The third kappa shape index (κ3) is 5.00. The Bertz CT molecular complexity index is 1110. The first-order valence-corrected chi connectivity index (χ1v) is 17.8. The van der Waals surface area contributed by atoms with Crippen molar-refractivity contribution in [3.8, 4) is 0 Å². The Morgan fingerprint density at radius 3 is 2.09 bits per heavy atom. The van der Waals surface area contributed by atoms with Gasteiger partial charge in [-0.15, -0.1) is 0 Å². The minimum Gasteiger partial charge on any atom is -0.479 e. The second-order valence-electron chi connectivity index (χ2n) is 18.1. The van der Waals surface area contributed by atoms with Crippen molar-refractivity contribution in [2.45, 2.75) is 150 Å². The maximum atomic E-state index is 12.7. The molecule has 15 atom stereocenters. The monoisotopic (exact) mass is 635 g/mol. The molecule has 1 heterocycles. The molecule has 8 heteroatoms. The molecule has 0 aromatic rings. The summed E-state index contributed by atoms with van der Waals surface area (Å²) in [6, 6.07) is 0. The fourth-order valence-electron chi connectivity index (χ4n) is 12.9. The van der Waals surface area contributed by atoms with Gasteiger partial charge in [-0.2, -0.15) is 0 Å². The number of ether oxygens (including phenoxy) is 1. The fraction of sp³-hybridized carbons (Fsp3) is 0.946. The van der Waals surface area contributed by atoms with Gasteiger partial charge in [0.1, 0.15) is 31.0 Å². The molecule has 6 aliphatic rings. The van der Waals surface area contributed by atoms with E-state index in [2.05, 4.69) is 60.1 Å². The smallest absolute Gasteiger partial charge is 0.336 e. The first-order valence-electron chi connectivity index (χ1n) is 17.8. The van der Waals surface area contributed by atoms with Crippen LogP contribution in [0.25, 0.3) is 0 Å². The molecule has 1 unspecified atom stereocenters. The van der Waals surface area contributed by atoms with E-state index in [4.69, 9.17) is 20.4 Å². The summed E-state index contributed by atoms with van der Waals surface area (Å²) in [5.74, 6) is 2.62. The molecule has 8 nitrogen and oxygen atoms in total. The van der Waals surface area contributed by atoms with Crippen LogP contribution in [0.1, 0.15) is 120 Å². The van der Waals surface area contributed by atoms with E-state index >= 15 is 0 Å².